The van der Waals surface area contributed by atoms with Gasteiger partial charge in [0.1, 0.15) is 0 Å². The Morgan fingerprint density at radius 2 is 2.24 bits per heavy atom. The molecule has 0 aliphatic heterocycles. The summed E-state index contributed by atoms with van der Waals surface area (Å²) in [5, 5.41) is 9.86. The Labute approximate surface area is 127 Å². The highest BCUT2D eigenvalue weighted by atomic mass is 32.2. The van der Waals surface area contributed by atoms with E-state index in [1.807, 2.05) is 6.92 Å². The molecule has 3 rings (SSSR count). The third-order valence-electron chi connectivity index (χ3n) is 3.37. The first-order valence-electron chi connectivity index (χ1n) is 6.70. The Hall–Kier alpha value is -1.29. The SMILES string of the molecule is Cc1ncsc1CNS(=O)(=O)c1[nH]ncc1CNC1CC1. The van der Waals surface area contributed by atoms with Gasteiger partial charge in [0.05, 0.1) is 17.4 Å². The Morgan fingerprint density at radius 1 is 1.43 bits per heavy atom. The molecule has 3 N–H and O–H groups in total. The first-order valence-corrected chi connectivity index (χ1v) is 9.07. The molecule has 0 spiro atoms. The lowest BCUT2D eigenvalue weighted by Gasteiger charge is -2.07. The molecule has 1 aliphatic rings. The quantitative estimate of drug-likeness (QED) is 0.702. The largest absolute Gasteiger partial charge is 0.310 e. The van der Waals surface area contributed by atoms with Crippen molar-refractivity contribution in [2.75, 3.05) is 0 Å². The summed E-state index contributed by atoms with van der Waals surface area (Å²) in [4.78, 5) is 5.02. The number of aryl methyl sites for hydroxylation is 1. The van der Waals surface area contributed by atoms with Gasteiger partial charge in [-0.3, -0.25) is 5.10 Å². The van der Waals surface area contributed by atoms with Gasteiger partial charge in [-0.05, 0) is 19.8 Å². The second-order valence-electron chi connectivity index (χ2n) is 5.07. The summed E-state index contributed by atoms with van der Waals surface area (Å²) in [6.07, 6.45) is 3.87. The topological polar surface area (TPSA) is 99.8 Å². The highest BCUT2D eigenvalue weighted by molar-refractivity contribution is 7.89. The maximum absolute atomic E-state index is 12.4. The minimum absolute atomic E-state index is 0.137. The Bertz CT molecular complexity index is 718. The van der Waals surface area contributed by atoms with Crippen molar-refractivity contribution in [2.45, 2.75) is 43.9 Å². The lowest BCUT2D eigenvalue weighted by molar-refractivity contribution is 0.574. The highest BCUT2D eigenvalue weighted by Gasteiger charge is 2.24. The highest BCUT2D eigenvalue weighted by Crippen LogP contribution is 2.20. The van der Waals surface area contributed by atoms with Crippen LogP contribution in [0.4, 0.5) is 0 Å². The zero-order chi connectivity index (χ0) is 14.9. The van der Waals surface area contributed by atoms with Gasteiger partial charge >= 0.3 is 0 Å². The number of thiazole rings is 1. The van der Waals surface area contributed by atoms with Crippen LogP contribution in [0.5, 0.6) is 0 Å². The zero-order valence-electron chi connectivity index (χ0n) is 11.6. The van der Waals surface area contributed by atoms with Crippen LogP contribution in [0.15, 0.2) is 16.7 Å². The molecule has 1 fully saturated rings. The summed E-state index contributed by atoms with van der Waals surface area (Å²) in [6.45, 7) is 2.62. The standard InChI is InChI=1S/C12H17N5O2S2/c1-8-11(20-7-14-8)6-16-21(18,19)12-9(5-15-17-12)4-13-10-2-3-10/h5,7,10,13,16H,2-4,6H2,1H3,(H,15,17). The van der Waals surface area contributed by atoms with Gasteiger partial charge in [-0.15, -0.1) is 11.3 Å². The number of aromatic nitrogens is 3. The van der Waals surface area contributed by atoms with Crippen molar-refractivity contribution in [2.24, 2.45) is 0 Å². The van der Waals surface area contributed by atoms with Crippen molar-refractivity contribution in [3.63, 3.8) is 0 Å². The van der Waals surface area contributed by atoms with E-state index in [0.717, 1.165) is 23.4 Å². The van der Waals surface area contributed by atoms with Gasteiger partial charge in [0.25, 0.3) is 10.0 Å². The predicted octanol–water partition coefficient (Wildman–Crippen LogP) is 0.905. The van der Waals surface area contributed by atoms with Crippen LogP contribution in [-0.2, 0) is 23.1 Å². The number of aromatic amines is 1. The van der Waals surface area contributed by atoms with E-state index < -0.39 is 10.0 Å². The fraction of sp³-hybridized carbons (Fsp3) is 0.500. The molecule has 0 bridgehead atoms. The first-order chi connectivity index (χ1) is 10.1. The Balaban J connectivity index is 1.69. The maximum Gasteiger partial charge on any atom is 0.258 e. The van der Waals surface area contributed by atoms with Crippen LogP contribution in [0.3, 0.4) is 0 Å². The molecule has 2 aromatic rings. The van der Waals surface area contributed by atoms with E-state index in [9.17, 15) is 8.42 Å². The number of hydrogen-bond donors (Lipinski definition) is 3. The van der Waals surface area contributed by atoms with Gasteiger partial charge in [0.2, 0.25) is 0 Å². The zero-order valence-corrected chi connectivity index (χ0v) is 13.2. The monoisotopic (exact) mass is 327 g/mol. The number of rotatable bonds is 7. The van der Waals surface area contributed by atoms with Crippen LogP contribution in [0.2, 0.25) is 0 Å². The molecular formula is C12H17N5O2S2. The third kappa shape index (κ3) is 3.49. The molecule has 2 heterocycles. The van der Waals surface area contributed by atoms with E-state index in [0.29, 0.717) is 18.2 Å². The number of nitrogens with one attached hydrogen (secondary N) is 3. The summed E-state index contributed by atoms with van der Waals surface area (Å²) in [7, 11) is -3.60. The van der Waals surface area contributed by atoms with E-state index in [2.05, 4.69) is 25.2 Å². The van der Waals surface area contributed by atoms with Crippen molar-refractivity contribution in [1.29, 1.82) is 0 Å². The maximum atomic E-state index is 12.4. The van der Waals surface area contributed by atoms with Crippen LogP contribution >= 0.6 is 11.3 Å². The van der Waals surface area contributed by atoms with E-state index >= 15 is 0 Å². The number of nitrogens with zero attached hydrogens (tertiary/aromatic N) is 2. The average Bonchev–Trinajstić information content (AvgIpc) is 2.98. The molecule has 21 heavy (non-hydrogen) atoms. The van der Waals surface area contributed by atoms with Crippen LogP contribution < -0.4 is 10.0 Å². The number of H-pyrrole nitrogens is 1. The van der Waals surface area contributed by atoms with Gasteiger partial charge in [0.15, 0.2) is 5.03 Å². The van der Waals surface area contributed by atoms with E-state index in [1.165, 1.54) is 11.3 Å². The summed E-state index contributed by atoms with van der Waals surface area (Å²) in [6, 6.07) is 0.517. The number of hydrogen-bond acceptors (Lipinski definition) is 6. The first kappa shape index (κ1) is 14.6. The average molecular weight is 327 g/mol. The predicted molar refractivity (Wildman–Crippen MR) is 79.3 cm³/mol. The second-order valence-corrected chi connectivity index (χ2v) is 7.71. The second kappa shape index (κ2) is 5.84. The van der Waals surface area contributed by atoms with Crippen molar-refractivity contribution in [3.05, 3.63) is 27.8 Å². The molecule has 0 unspecified atom stereocenters. The molecular weight excluding hydrogens is 310 g/mol. The van der Waals surface area contributed by atoms with Crippen LogP contribution in [-0.4, -0.2) is 29.6 Å². The van der Waals surface area contributed by atoms with Gasteiger partial charge < -0.3 is 5.32 Å². The molecule has 2 aromatic heterocycles. The molecule has 0 atom stereocenters. The van der Waals surface area contributed by atoms with Gasteiger partial charge in [-0.25, -0.2) is 18.1 Å². The van der Waals surface area contributed by atoms with Crippen molar-refractivity contribution in [1.82, 2.24) is 25.2 Å². The lowest BCUT2D eigenvalue weighted by atomic mass is 10.3. The fourth-order valence-corrected chi connectivity index (χ4v) is 3.86. The number of sulfonamides is 1. The van der Waals surface area contributed by atoms with E-state index in [-0.39, 0.29) is 11.6 Å². The summed E-state index contributed by atoms with van der Waals surface area (Å²) >= 11 is 1.44. The minimum atomic E-state index is -3.60. The van der Waals surface area contributed by atoms with Gasteiger partial charge in [-0.1, -0.05) is 0 Å². The van der Waals surface area contributed by atoms with Crippen molar-refractivity contribution in [3.8, 4) is 0 Å². The van der Waals surface area contributed by atoms with Crippen LogP contribution in [0.25, 0.3) is 0 Å². The molecule has 7 nitrogen and oxygen atoms in total. The van der Waals surface area contributed by atoms with Gasteiger partial charge in [0, 0.05) is 29.6 Å². The molecule has 1 saturated carbocycles. The smallest absolute Gasteiger partial charge is 0.258 e. The molecule has 0 aromatic carbocycles. The van der Waals surface area contributed by atoms with Crippen LogP contribution in [0, 0.1) is 6.92 Å². The van der Waals surface area contributed by atoms with Crippen LogP contribution in [0.1, 0.15) is 29.0 Å². The van der Waals surface area contributed by atoms with E-state index in [1.54, 1.807) is 11.7 Å². The van der Waals surface area contributed by atoms with Crippen molar-refractivity contribution < 1.29 is 8.42 Å². The Morgan fingerprint density at radius 3 is 2.90 bits per heavy atom. The summed E-state index contributed by atoms with van der Waals surface area (Å²) in [5.74, 6) is 0. The summed E-state index contributed by atoms with van der Waals surface area (Å²) in [5.41, 5.74) is 3.22. The van der Waals surface area contributed by atoms with E-state index in [4.69, 9.17) is 0 Å². The van der Waals surface area contributed by atoms with Gasteiger partial charge in [-0.2, -0.15) is 5.10 Å². The molecule has 0 saturated heterocycles. The Kier molecular flexibility index (Phi) is 4.07. The molecule has 0 radical (unpaired) electrons. The normalized spacial score (nSPS) is 15.5. The summed E-state index contributed by atoms with van der Waals surface area (Å²) < 4.78 is 27.3. The van der Waals surface area contributed by atoms with Crippen molar-refractivity contribution >= 4 is 21.4 Å². The third-order valence-corrected chi connectivity index (χ3v) is 5.72. The molecule has 114 valence electrons. The fourth-order valence-electron chi connectivity index (χ4n) is 1.93. The molecule has 0 amide bonds. The lowest BCUT2D eigenvalue weighted by Crippen LogP contribution is -2.26. The molecule has 1 aliphatic carbocycles. The molecule has 9 heteroatoms. The minimum Gasteiger partial charge on any atom is -0.310 e.